The van der Waals surface area contributed by atoms with Crippen LogP contribution in [0.5, 0.6) is 5.88 Å². The molecule has 11 heteroatoms. The van der Waals surface area contributed by atoms with Crippen LogP contribution < -0.4 is 10.5 Å². The number of carbonyl (C=O) groups excluding carboxylic acids is 1. The molecule has 0 fully saturated rings. The molecule has 0 saturated carbocycles. The molecule has 30 heavy (non-hydrogen) atoms. The van der Waals surface area contributed by atoms with Gasteiger partial charge in [-0.2, -0.15) is 0 Å². The normalized spacial score (nSPS) is 20.5. The third-order valence-corrected chi connectivity index (χ3v) is 4.85. The van der Waals surface area contributed by atoms with E-state index in [2.05, 4.69) is 15.0 Å². The number of alkyl halides is 3. The van der Waals surface area contributed by atoms with Crippen molar-refractivity contribution in [3.63, 3.8) is 0 Å². The molecule has 0 aliphatic carbocycles. The summed E-state index contributed by atoms with van der Waals surface area (Å²) in [7, 11) is 1.35. The Labute approximate surface area is 168 Å². The molecule has 2 heterocycles. The maximum atomic E-state index is 14.6. The molecule has 0 spiro atoms. The van der Waals surface area contributed by atoms with Gasteiger partial charge in [0, 0.05) is 24.8 Å². The Hall–Kier alpha value is -3.11. The van der Waals surface area contributed by atoms with Crippen molar-refractivity contribution in [3.8, 4) is 5.88 Å². The highest BCUT2D eigenvalue weighted by molar-refractivity contribution is 5.95. The lowest BCUT2D eigenvalue weighted by atomic mass is 9.79. The van der Waals surface area contributed by atoms with Gasteiger partial charge in [0.25, 0.3) is 5.92 Å². The quantitative estimate of drug-likeness (QED) is 0.564. The fourth-order valence-corrected chi connectivity index (χ4v) is 3.22. The van der Waals surface area contributed by atoms with Crippen molar-refractivity contribution in [1.82, 2.24) is 9.97 Å². The molecule has 0 saturated heterocycles. The van der Waals surface area contributed by atoms with Gasteiger partial charge in [-0.3, -0.25) is 9.79 Å². The number of halogens is 5. The number of hydrogen-bond donors (Lipinski definition) is 1. The first kappa shape index (κ1) is 21.6. The Kier molecular flexibility index (Phi) is 5.73. The number of nitrogens with zero attached hydrogens (tertiary/aromatic N) is 3. The van der Waals surface area contributed by atoms with E-state index in [1.807, 2.05) is 0 Å². The first-order chi connectivity index (χ1) is 14.1. The van der Waals surface area contributed by atoms with E-state index in [9.17, 15) is 26.7 Å². The van der Waals surface area contributed by atoms with Crippen LogP contribution in [-0.4, -0.2) is 41.3 Å². The molecule has 0 unspecified atom stereocenters. The number of methoxy groups -OCH3 is 1. The number of ether oxygens (including phenoxy) is 1. The SMILES string of the molecule is COc1cnc(C(=O)Cc2cc(F)c(F)c([C@@]3(CF)N=C(N)CCC3(F)F)c2)cn1. The second-order valence-electron chi connectivity index (χ2n) is 6.78. The predicted molar refractivity (Wildman–Crippen MR) is 96.4 cm³/mol. The lowest BCUT2D eigenvalue weighted by Gasteiger charge is -2.39. The predicted octanol–water partition coefficient (Wildman–Crippen LogP) is 3.14. The van der Waals surface area contributed by atoms with Gasteiger partial charge in [0.2, 0.25) is 5.88 Å². The maximum absolute atomic E-state index is 14.6. The Morgan fingerprint density at radius 3 is 2.57 bits per heavy atom. The number of ketones is 1. The van der Waals surface area contributed by atoms with E-state index in [-0.39, 0.29) is 29.4 Å². The zero-order valence-corrected chi connectivity index (χ0v) is 15.8. The molecule has 1 aromatic heterocycles. The van der Waals surface area contributed by atoms with Gasteiger partial charge in [-0.25, -0.2) is 31.9 Å². The third-order valence-electron chi connectivity index (χ3n) is 4.85. The van der Waals surface area contributed by atoms with E-state index < -0.39 is 54.0 Å². The fraction of sp³-hybridized carbons (Fsp3) is 0.368. The summed E-state index contributed by atoms with van der Waals surface area (Å²) in [6, 6.07) is 1.48. The molecule has 0 bridgehead atoms. The highest BCUT2D eigenvalue weighted by atomic mass is 19.3. The summed E-state index contributed by atoms with van der Waals surface area (Å²) in [6.07, 6.45) is 0.594. The van der Waals surface area contributed by atoms with Crippen molar-refractivity contribution in [2.24, 2.45) is 10.7 Å². The lowest BCUT2D eigenvalue weighted by Crippen LogP contribution is -2.51. The van der Waals surface area contributed by atoms with Crippen LogP contribution in [0.15, 0.2) is 29.5 Å². The largest absolute Gasteiger partial charge is 0.480 e. The highest BCUT2D eigenvalue weighted by Gasteiger charge is 2.58. The minimum Gasteiger partial charge on any atom is -0.480 e. The Balaban J connectivity index is 2.03. The molecule has 3 rings (SSSR count). The molecule has 1 aromatic carbocycles. The number of rotatable bonds is 6. The molecule has 2 aromatic rings. The molecular formula is C19H17F5N4O2. The van der Waals surface area contributed by atoms with Gasteiger partial charge >= 0.3 is 0 Å². The number of carbonyl (C=O) groups is 1. The van der Waals surface area contributed by atoms with Gasteiger partial charge in [0.1, 0.15) is 12.4 Å². The average Bonchev–Trinajstić information content (AvgIpc) is 2.72. The van der Waals surface area contributed by atoms with Crippen molar-refractivity contribution in [2.45, 2.75) is 30.7 Å². The van der Waals surface area contributed by atoms with E-state index in [1.165, 1.54) is 13.3 Å². The number of nitrogens with two attached hydrogens (primary N) is 1. The summed E-state index contributed by atoms with van der Waals surface area (Å²) in [5.41, 5.74) is 1.23. The Morgan fingerprint density at radius 2 is 1.97 bits per heavy atom. The second kappa shape index (κ2) is 7.96. The minimum absolute atomic E-state index is 0.104. The summed E-state index contributed by atoms with van der Waals surface area (Å²) < 4.78 is 76.7. The van der Waals surface area contributed by atoms with Crippen LogP contribution in [0.4, 0.5) is 22.0 Å². The number of Topliss-reactive ketones (excluding diaryl/α,β-unsaturated/α-hetero) is 1. The second-order valence-corrected chi connectivity index (χ2v) is 6.78. The average molecular weight is 428 g/mol. The van der Waals surface area contributed by atoms with E-state index in [1.54, 1.807) is 0 Å². The fourth-order valence-electron chi connectivity index (χ4n) is 3.22. The van der Waals surface area contributed by atoms with Crippen molar-refractivity contribution < 1.29 is 31.5 Å². The zero-order valence-electron chi connectivity index (χ0n) is 15.8. The first-order valence-corrected chi connectivity index (χ1v) is 8.79. The number of amidine groups is 1. The molecule has 2 N–H and O–H groups in total. The summed E-state index contributed by atoms with van der Waals surface area (Å²) in [5.74, 6) is -7.79. The third kappa shape index (κ3) is 3.71. The van der Waals surface area contributed by atoms with E-state index >= 15 is 0 Å². The van der Waals surface area contributed by atoms with Crippen LogP contribution in [0.3, 0.4) is 0 Å². The Morgan fingerprint density at radius 1 is 1.23 bits per heavy atom. The maximum Gasteiger partial charge on any atom is 0.280 e. The van der Waals surface area contributed by atoms with Crippen LogP contribution in [0, 0.1) is 11.6 Å². The first-order valence-electron chi connectivity index (χ1n) is 8.79. The molecule has 6 nitrogen and oxygen atoms in total. The number of aliphatic imine (C=N–C) groups is 1. The summed E-state index contributed by atoms with van der Waals surface area (Å²) in [4.78, 5) is 23.5. The standard InChI is InChI=1S/C19H17F5N4O2/c1-30-16-8-26-13(7-27-16)14(29)6-10-4-11(17(22)12(21)5-10)18(9-20)19(23,24)3-2-15(25)28-18/h4-5,7-8H,2-3,6,9H2,1H3,(H2,25,28)/t18-/m1/s1. The topological polar surface area (TPSA) is 90.5 Å². The van der Waals surface area contributed by atoms with Crippen LogP contribution >= 0.6 is 0 Å². The van der Waals surface area contributed by atoms with Crippen molar-refractivity contribution in [1.29, 1.82) is 0 Å². The summed E-state index contributed by atoms with van der Waals surface area (Å²) >= 11 is 0. The van der Waals surface area contributed by atoms with Crippen LogP contribution in [0.1, 0.15) is 34.5 Å². The number of hydrogen-bond acceptors (Lipinski definition) is 6. The van der Waals surface area contributed by atoms with Gasteiger partial charge in [-0.05, 0) is 17.7 Å². The number of aromatic nitrogens is 2. The zero-order chi connectivity index (χ0) is 22.1. The van der Waals surface area contributed by atoms with E-state index in [0.717, 1.165) is 12.3 Å². The van der Waals surface area contributed by atoms with Crippen molar-refractivity contribution in [2.75, 3.05) is 13.8 Å². The van der Waals surface area contributed by atoms with Crippen LogP contribution in [0.2, 0.25) is 0 Å². The van der Waals surface area contributed by atoms with E-state index in [4.69, 9.17) is 10.5 Å². The van der Waals surface area contributed by atoms with Gasteiger partial charge in [0.05, 0.1) is 25.3 Å². The molecule has 160 valence electrons. The molecule has 0 amide bonds. The highest BCUT2D eigenvalue weighted by Crippen LogP contribution is 2.48. The van der Waals surface area contributed by atoms with Gasteiger partial charge in [-0.15, -0.1) is 0 Å². The summed E-state index contributed by atoms with van der Waals surface area (Å²) in [5, 5.41) is 0. The Bertz CT molecular complexity index is 997. The molecule has 1 atom stereocenters. The lowest BCUT2D eigenvalue weighted by molar-refractivity contribution is -0.0961. The van der Waals surface area contributed by atoms with Gasteiger partial charge in [0.15, 0.2) is 23.0 Å². The number of benzene rings is 1. The molecule has 1 aliphatic heterocycles. The van der Waals surface area contributed by atoms with Crippen LogP contribution in [-0.2, 0) is 12.0 Å². The smallest absolute Gasteiger partial charge is 0.280 e. The van der Waals surface area contributed by atoms with E-state index in [0.29, 0.717) is 6.07 Å². The van der Waals surface area contributed by atoms with Gasteiger partial charge in [-0.1, -0.05) is 0 Å². The van der Waals surface area contributed by atoms with Crippen molar-refractivity contribution in [3.05, 3.63) is 53.0 Å². The monoisotopic (exact) mass is 428 g/mol. The molecule has 0 radical (unpaired) electrons. The summed E-state index contributed by atoms with van der Waals surface area (Å²) in [6.45, 7) is -1.81. The van der Waals surface area contributed by atoms with Crippen molar-refractivity contribution >= 4 is 11.6 Å². The minimum atomic E-state index is -3.82. The van der Waals surface area contributed by atoms with Crippen LogP contribution in [0.25, 0.3) is 0 Å². The molecular weight excluding hydrogens is 411 g/mol. The molecule has 1 aliphatic rings. The van der Waals surface area contributed by atoms with Gasteiger partial charge < -0.3 is 10.5 Å².